The van der Waals surface area contributed by atoms with E-state index >= 15 is 0 Å². The first-order valence-electron chi connectivity index (χ1n) is 5.29. The van der Waals surface area contributed by atoms with Crippen LogP contribution in [0.2, 0.25) is 0 Å². The van der Waals surface area contributed by atoms with Gasteiger partial charge in [0.2, 0.25) is 5.95 Å². The molecule has 0 saturated heterocycles. The van der Waals surface area contributed by atoms with Gasteiger partial charge in [0.05, 0.1) is 18.9 Å². The zero-order valence-electron chi connectivity index (χ0n) is 9.83. The molecule has 0 fully saturated rings. The van der Waals surface area contributed by atoms with E-state index in [0.29, 0.717) is 16.9 Å². The van der Waals surface area contributed by atoms with Gasteiger partial charge in [-0.3, -0.25) is 0 Å². The van der Waals surface area contributed by atoms with Gasteiger partial charge in [-0.1, -0.05) is 12.1 Å². The average Bonchev–Trinajstić information content (AvgIpc) is 2.38. The molecule has 0 aliphatic rings. The van der Waals surface area contributed by atoms with Gasteiger partial charge in [-0.2, -0.15) is 17.6 Å². The molecule has 1 aromatic heterocycles. The number of methoxy groups -OCH3 is 1. The minimum absolute atomic E-state index is 0.293. The van der Waals surface area contributed by atoms with Crippen molar-refractivity contribution in [3.05, 3.63) is 48.0 Å². The number of rotatable bonds is 2. The normalized spacial score (nSPS) is 11.4. The Labute approximate surface area is 106 Å². The first-order chi connectivity index (χ1) is 8.91. The fourth-order valence-corrected chi connectivity index (χ4v) is 1.64. The molecule has 0 bridgehead atoms. The molecular weight excluding hydrogens is 262 g/mol. The minimum Gasteiger partial charge on any atom is -0.494 e. The number of alkyl halides is 3. The Morgan fingerprint density at radius 1 is 1.11 bits per heavy atom. The molecule has 0 radical (unpaired) electrons. The number of hydrogen-bond donors (Lipinski definition) is 0. The Bertz CT molecular complexity index is 578. The Balaban J connectivity index is 2.45. The van der Waals surface area contributed by atoms with Gasteiger partial charge in [0, 0.05) is 11.6 Å². The SMILES string of the molecule is COc1cnc(F)cc1-c1ccc(C(F)(F)F)cc1. The summed E-state index contributed by atoms with van der Waals surface area (Å²) < 4.78 is 55.4. The van der Waals surface area contributed by atoms with E-state index in [1.165, 1.54) is 25.4 Å². The van der Waals surface area contributed by atoms with E-state index in [2.05, 4.69) is 4.98 Å². The molecule has 0 saturated carbocycles. The monoisotopic (exact) mass is 271 g/mol. The number of halogens is 4. The quantitative estimate of drug-likeness (QED) is 0.610. The van der Waals surface area contributed by atoms with Crippen molar-refractivity contribution in [2.24, 2.45) is 0 Å². The minimum atomic E-state index is -4.40. The maximum atomic E-state index is 13.1. The van der Waals surface area contributed by atoms with Crippen molar-refractivity contribution in [1.82, 2.24) is 4.98 Å². The van der Waals surface area contributed by atoms with E-state index in [-0.39, 0.29) is 0 Å². The number of pyridine rings is 1. The Morgan fingerprint density at radius 2 is 1.74 bits per heavy atom. The molecule has 0 N–H and O–H groups in total. The summed E-state index contributed by atoms with van der Waals surface area (Å²) in [6, 6.07) is 5.52. The molecule has 2 rings (SSSR count). The highest BCUT2D eigenvalue weighted by Crippen LogP contribution is 2.33. The zero-order chi connectivity index (χ0) is 14.0. The number of benzene rings is 1. The van der Waals surface area contributed by atoms with Gasteiger partial charge in [0.25, 0.3) is 0 Å². The highest BCUT2D eigenvalue weighted by molar-refractivity contribution is 5.70. The van der Waals surface area contributed by atoms with Crippen molar-refractivity contribution in [2.45, 2.75) is 6.18 Å². The Hall–Kier alpha value is -2.11. The second kappa shape index (κ2) is 4.87. The first kappa shape index (κ1) is 13.3. The first-order valence-corrected chi connectivity index (χ1v) is 5.29. The molecule has 0 aliphatic carbocycles. The van der Waals surface area contributed by atoms with Crippen LogP contribution in [0.3, 0.4) is 0 Å². The van der Waals surface area contributed by atoms with Crippen LogP contribution in [0.5, 0.6) is 5.75 Å². The molecule has 1 aromatic carbocycles. The van der Waals surface area contributed by atoms with E-state index in [0.717, 1.165) is 18.2 Å². The number of ether oxygens (including phenoxy) is 1. The molecule has 2 aromatic rings. The Morgan fingerprint density at radius 3 is 2.26 bits per heavy atom. The van der Waals surface area contributed by atoms with Crippen molar-refractivity contribution in [1.29, 1.82) is 0 Å². The van der Waals surface area contributed by atoms with Crippen molar-refractivity contribution >= 4 is 0 Å². The largest absolute Gasteiger partial charge is 0.494 e. The molecule has 19 heavy (non-hydrogen) atoms. The summed E-state index contributed by atoms with van der Waals surface area (Å²) in [7, 11) is 1.38. The summed E-state index contributed by atoms with van der Waals surface area (Å²) in [6.07, 6.45) is -3.21. The van der Waals surface area contributed by atoms with E-state index in [1.807, 2.05) is 0 Å². The fraction of sp³-hybridized carbons (Fsp3) is 0.154. The lowest BCUT2D eigenvalue weighted by atomic mass is 10.0. The summed E-state index contributed by atoms with van der Waals surface area (Å²) in [5.41, 5.74) is 0.0135. The van der Waals surface area contributed by atoms with E-state index in [9.17, 15) is 17.6 Å². The predicted octanol–water partition coefficient (Wildman–Crippen LogP) is 3.92. The molecule has 6 heteroatoms. The zero-order valence-corrected chi connectivity index (χ0v) is 9.83. The van der Waals surface area contributed by atoms with Crippen LogP contribution in [0, 0.1) is 5.95 Å². The van der Waals surface area contributed by atoms with E-state index < -0.39 is 17.7 Å². The number of aromatic nitrogens is 1. The molecule has 0 unspecified atom stereocenters. The van der Waals surface area contributed by atoms with Crippen molar-refractivity contribution in [3.8, 4) is 16.9 Å². The van der Waals surface area contributed by atoms with Gasteiger partial charge in [0.15, 0.2) is 0 Å². The number of hydrogen-bond acceptors (Lipinski definition) is 2. The summed E-state index contributed by atoms with van der Waals surface area (Å²) >= 11 is 0. The van der Waals surface area contributed by atoms with Crippen molar-refractivity contribution < 1.29 is 22.3 Å². The second-order valence-electron chi connectivity index (χ2n) is 3.78. The number of nitrogens with zero attached hydrogens (tertiary/aromatic N) is 1. The van der Waals surface area contributed by atoms with E-state index in [4.69, 9.17) is 4.74 Å². The third-order valence-corrected chi connectivity index (χ3v) is 2.58. The topological polar surface area (TPSA) is 22.1 Å². The molecule has 100 valence electrons. The van der Waals surface area contributed by atoms with Crippen LogP contribution in [-0.2, 0) is 6.18 Å². The van der Waals surface area contributed by atoms with Crippen molar-refractivity contribution in [3.63, 3.8) is 0 Å². The molecule has 0 aliphatic heterocycles. The second-order valence-corrected chi connectivity index (χ2v) is 3.78. The third-order valence-electron chi connectivity index (χ3n) is 2.58. The molecule has 2 nitrogen and oxygen atoms in total. The van der Waals surface area contributed by atoms with Gasteiger partial charge in [-0.25, -0.2) is 4.98 Å². The standard InChI is InChI=1S/C13H9F4NO/c1-19-11-7-18-12(14)6-10(11)8-2-4-9(5-3-8)13(15,16)17/h2-7H,1H3. The molecule has 1 heterocycles. The predicted molar refractivity (Wildman–Crippen MR) is 61.2 cm³/mol. The third kappa shape index (κ3) is 2.83. The van der Waals surface area contributed by atoms with Crippen LogP contribution >= 0.6 is 0 Å². The van der Waals surface area contributed by atoms with Crippen LogP contribution in [0.15, 0.2) is 36.5 Å². The van der Waals surface area contributed by atoms with Gasteiger partial charge < -0.3 is 4.74 Å². The molecule has 0 amide bonds. The molecular formula is C13H9F4NO. The van der Waals surface area contributed by atoms with Crippen LogP contribution < -0.4 is 4.74 Å². The molecule has 0 spiro atoms. The smallest absolute Gasteiger partial charge is 0.416 e. The lowest BCUT2D eigenvalue weighted by molar-refractivity contribution is -0.137. The van der Waals surface area contributed by atoms with Crippen LogP contribution in [0.25, 0.3) is 11.1 Å². The maximum absolute atomic E-state index is 13.1. The maximum Gasteiger partial charge on any atom is 0.416 e. The lowest BCUT2D eigenvalue weighted by Crippen LogP contribution is -2.04. The van der Waals surface area contributed by atoms with Gasteiger partial charge in [-0.05, 0) is 17.7 Å². The van der Waals surface area contributed by atoms with Crippen LogP contribution in [-0.4, -0.2) is 12.1 Å². The average molecular weight is 271 g/mol. The van der Waals surface area contributed by atoms with Gasteiger partial charge >= 0.3 is 6.18 Å². The highest BCUT2D eigenvalue weighted by Gasteiger charge is 2.30. The van der Waals surface area contributed by atoms with Crippen LogP contribution in [0.1, 0.15) is 5.56 Å². The summed E-state index contributed by atoms with van der Waals surface area (Å²) in [6.45, 7) is 0. The Kier molecular flexibility index (Phi) is 3.42. The summed E-state index contributed by atoms with van der Waals surface area (Å²) in [5, 5.41) is 0. The lowest BCUT2D eigenvalue weighted by Gasteiger charge is -2.10. The van der Waals surface area contributed by atoms with E-state index in [1.54, 1.807) is 0 Å². The van der Waals surface area contributed by atoms with Gasteiger partial charge in [0.1, 0.15) is 5.75 Å². The highest BCUT2D eigenvalue weighted by atomic mass is 19.4. The molecule has 0 atom stereocenters. The summed E-state index contributed by atoms with van der Waals surface area (Å²) in [4.78, 5) is 3.42. The van der Waals surface area contributed by atoms with Gasteiger partial charge in [-0.15, -0.1) is 0 Å². The van der Waals surface area contributed by atoms with Crippen LogP contribution in [0.4, 0.5) is 17.6 Å². The fourth-order valence-electron chi connectivity index (χ4n) is 1.64. The van der Waals surface area contributed by atoms with Crippen molar-refractivity contribution in [2.75, 3.05) is 7.11 Å². The summed E-state index contributed by atoms with van der Waals surface area (Å²) in [5.74, 6) is -0.433.